The Bertz CT molecular complexity index is 870. The van der Waals surface area contributed by atoms with Crippen LogP contribution in [-0.2, 0) is 6.54 Å². The fourth-order valence-corrected chi connectivity index (χ4v) is 3.17. The van der Waals surface area contributed by atoms with E-state index in [-0.39, 0.29) is 11.5 Å². The number of unbranched alkanes of at least 4 members (excludes halogenated alkanes) is 2. The van der Waals surface area contributed by atoms with E-state index in [1.807, 2.05) is 12.1 Å². The molecule has 0 spiro atoms. The van der Waals surface area contributed by atoms with Gasteiger partial charge in [-0.25, -0.2) is 4.68 Å². The van der Waals surface area contributed by atoms with Crippen LogP contribution < -0.4 is 16.2 Å². The fraction of sp³-hybridized carbons (Fsp3) is 0.450. The monoisotopic (exact) mass is 354 g/mol. The molecule has 0 saturated heterocycles. The second kappa shape index (κ2) is 8.76. The van der Waals surface area contributed by atoms with Crippen LogP contribution in [0.25, 0.3) is 10.8 Å². The van der Waals surface area contributed by atoms with Crippen molar-refractivity contribution in [3.05, 3.63) is 52.0 Å². The molecule has 2 heterocycles. The van der Waals surface area contributed by atoms with Crippen molar-refractivity contribution in [1.82, 2.24) is 20.4 Å². The molecular weight excluding hydrogens is 328 g/mol. The molecule has 0 fully saturated rings. The Balaban J connectivity index is 1.87. The van der Waals surface area contributed by atoms with Crippen LogP contribution in [0.15, 0.2) is 40.7 Å². The molecule has 1 aromatic carbocycles. The molecule has 2 aromatic rings. The second-order valence-corrected chi connectivity index (χ2v) is 6.63. The largest absolute Gasteiger partial charge is 0.347 e. The molecule has 2 N–H and O–H groups in total. The molecule has 3 rings (SSSR count). The van der Waals surface area contributed by atoms with Crippen LogP contribution in [0.5, 0.6) is 0 Å². The predicted molar refractivity (Wildman–Crippen MR) is 103 cm³/mol. The van der Waals surface area contributed by atoms with Crippen LogP contribution in [0.1, 0.15) is 43.1 Å². The van der Waals surface area contributed by atoms with Crippen molar-refractivity contribution in [2.45, 2.75) is 39.2 Å². The third kappa shape index (κ3) is 4.19. The Morgan fingerprint density at radius 3 is 2.81 bits per heavy atom. The topological polar surface area (TPSA) is 76.0 Å². The lowest BCUT2D eigenvalue weighted by Gasteiger charge is -2.15. The quantitative estimate of drug-likeness (QED) is 0.591. The van der Waals surface area contributed by atoms with Gasteiger partial charge < -0.3 is 10.6 Å². The minimum absolute atomic E-state index is 0.130. The van der Waals surface area contributed by atoms with Gasteiger partial charge >= 0.3 is 0 Å². The van der Waals surface area contributed by atoms with Gasteiger partial charge in [-0.3, -0.25) is 9.59 Å². The highest BCUT2D eigenvalue weighted by Crippen LogP contribution is 2.14. The number of nitrogens with one attached hydrogen (secondary N) is 2. The normalized spacial score (nSPS) is 14.3. The highest BCUT2D eigenvalue weighted by atomic mass is 16.2. The first-order valence-electron chi connectivity index (χ1n) is 9.37. The number of hydrogen-bond donors (Lipinski definition) is 2. The number of benzene rings is 1. The number of carbonyl (C=O) groups excluding carboxylic acids is 1. The minimum atomic E-state index is -0.232. The summed E-state index contributed by atoms with van der Waals surface area (Å²) < 4.78 is 1.44. The van der Waals surface area contributed by atoms with Gasteiger partial charge in [0.2, 0.25) is 0 Å². The summed E-state index contributed by atoms with van der Waals surface area (Å²) in [6, 6.07) is 7.21. The van der Waals surface area contributed by atoms with E-state index < -0.39 is 0 Å². The summed E-state index contributed by atoms with van der Waals surface area (Å²) in [5.41, 5.74) is 1.42. The molecule has 6 nitrogen and oxygen atoms in total. The number of fused-ring (bicyclic) bond motifs is 1. The molecule has 6 heteroatoms. The molecule has 138 valence electrons. The van der Waals surface area contributed by atoms with Crippen molar-refractivity contribution in [2.24, 2.45) is 0 Å². The number of hydrogen-bond acceptors (Lipinski definition) is 4. The zero-order valence-corrected chi connectivity index (χ0v) is 15.3. The van der Waals surface area contributed by atoms with Crippen LogP contribution in [0.4, 0.5) is 0 Å². The first kappa shape index (κ1) is 18.3. The fourth-order valence-electron chi connectivity index (χ4n) is 3.17. The minimum Gasteiger partial charge on any atom is -0.347 e. The lowest BCUT2D eigenvalue weighted by atomic mass is 10.1. The van der Waals surface area contributed by atoms with Crippen LogP contribution in [0.2, 0.25) is 0 Å². The van der Waals surface area contributed by atoms with E-state index in [1.54, 1.807) is 12.1 Å². The van der Waals surface area contributed by atoms with Gasteiger partial charge in [-0.2, -0.15) is 5.10 Å². The van der Waals surface area contributed by atoms with E-state index in [9.17, 15) is 9.59 Å². The summed E-state index contributed by atoms with van der Waals surface area (Å²) in [6.45, 7) is 4.95. The van der Waals surface area contributed by atoms with E-state index in [1.165, 1.54) is 10.3 Å². The van der Waals surface area contributed by atoms with Crippen LogP contribution >= 0.6 is 0 Å². The van der Waals surface area contributed by atoms with Gasteiger partial charge in [-0.05, 0) is 25.5 Å². The molecule has 26 heavy (non-hydrogen) atoms. The van der Waals surface area contributed by atoms with Gasteiger partial charge in [-0.1, -0.05) is 49.6 Å². The molecule has 0 saturated carbocycles. The molecule has 1 aliphatic heterocycles. The first-order chi connectivity index (χ1) is 12.7. The lowest BCUT2D eigenvalue weighted by molar-refractivity contribution is 0.0951. The third-order valence-electron chi connectivity index (χ3n) is 4.69. The molecular formula is C20H26N4O2. The van der Waals surface area contributed by atoms with Gasteiger partial charge in [0.15, 0.2) is 5.69 Å². The SMILES string of the molecule is CCCCCn1nc(C(=O)NCC2=CCNCC2)c2ccccc2c1=O. The Kier molecular flexibility index (Phi) is 6.17. The van der Waals surface area contributed by atoms with Crippen molar-refractivity contribution in [1.29, 1.82) is 0 Å². The van der Waals surface area contributed by atoms with E-state index in [0.717, 1.165) is 38.8 Å². The highest BCUT2D eigenvalue weighted by molar-refractivity contribution is 6.04. The lowest BCUT2D eigenvalue weighted by Crippen LogP contribution is -2.33. The highest BCUT2D eigenvalue weighted by Gasteiger charge is 2.17. The Morgan fingerprint density at radius 2 is 2.08 bits per heavy atom. The van der Waals surface area contributed by atoms with E-state index in [0.29, 0.717) is 29.6 Å². The summed E-state index contributed by atoms with van der Waals surface area (Å²) in [5, 5.41) is 11.8. The van der Waals surface area contributed by atoms with Gasteiger partial charge in [0.1, 0.15) is 0 Å². The summed E-state index contributed by atoms with van der Waals surface area (Å²) in [7, 11) is 0. The average Bonchev–Trinajstić information content (AvgIpc) is 2.69. The summed E-state index contributed by atoms with van der Waals surface area (Å²) in [5.74, 6) is -0.232. The Labute approximate surface area is 153 Å². The van der Waals surface area contributed by atoms with Gasteiger partial charge in [0, 0.05) is 25.0 Å². The molecule has 1 aromatic heterocycles. The second-order valence-electron chi connectivity index (χ2n) is 6.63. The van der Waals surface area contributed by atoms with Crippen molar-refractivity contribution < 1.29 is 4.79 Å². The average molecular weight is 354 g/mol. The zero-order valence-electron chi connectivity index (χ0n) is 15.3. The first-order valence-corrected chi connectivity index (χ1v) is 9.37. The molecule has 1 aliphatic rings. The molecule has 0 bridgehead atoms. The number of aromatic nitrogens is 2. The van der Waals surface area contributed by atoms with Crippen LogP contribution in [0, 0.1) is 0 Å². The molecule has 0 unspecified atom stereocenters. The van der Waals surface area contributed by atoms with Crippen LogP contribution in [0.3, 0.4) is 0 Å². The zero-order chi connectivity index (χ0) is 18.4. The number of nitrogens with zero attached hydrogens (tertiary/aromatic N) is 2. The van der Waals surface area contributed by atoms with Crippen molar-refractivity contribution in [3.63, 3.8) is 0 Å². The summed E-state index contributed by atoms with van der Waals surface area (Å²) in [4.78, 5) is 25.4. The summed E-state index contributed by atoms with van der Waals surface area (Å²) in [6.07, 6.45) is 6.03. The van der Waals surface area contributed by atoms with E-state index in [4.69, 9.17) is 0 Å². The maximum Gasteiger partial charge on any atom is 0.274 e. The van der Waals surface area contributed by atoms with Crippen LogP contribution in [-0.4, -0.2) is 35.3 Å². The smallest absolute Gasteiger partial charge is 0.274 e. The van der Waals surface area contributed by atoms with Crippen molar-refractivity contribution in [2.75, 3.05) is 19.6 Å². The maximum atomic E-state index is 12.8. The van der Waals surface area contributed by atoms with Gasteiger partial charge in [0.25, 0.3) is 11.5 Å². The molecule has 0 atom stereocenters. The Hall–Kier alpha value is -2.47. The summed E-state index contributed by atoms with van der Waals surface area (Å²) >= 11 is 0. The van der Waals surface area contributed by atoms with E-state index >= 15 is 0 Å². The number of rotatable bonds is 7. The standard InChI is InChI=1S/C20H26N4O2/c1-2-3-6-13-24-20(26)17-8-5-4-7-16(17)18(23-24)19(25)22-14-15-9-11-21-12-10-15/h4-5,7-9,21H,2-3,6,10-14H2,1H3,(H,22,25). The molecule has 1 amide bonds. The van der Waals surface area contributed by atoms with Crippen molar-refractivity contribution in [3.8, 4) is 0 Å². The third-order valence-corrected chi connectivity index (χ3v) is 4.69. The predicted octanol–water partition coefficient (Wildman–Crippen LogP) is 2.24. The number of carbonyl (C=O) groups is 1. The Morgan fingerprint density at radius 1 is 1.27 bits per heavy atom. The maximum absolute atomic E-state index is 12.8. The molecule has 0 radical (unpaired) electrons. The van der Waals surface area contributed by atoms with Crippen molar-refractivity contribution >= 4 is 16.7 Å². The number of amides is 1. The molecule has 0 aliphatic carbocycles. The number of aryl methyl sites for hydroxylation is 1. The van der Waals surface area contributed by atoms with E-state index in [2.05, 4.69) is 28.7 Å². The van der Waals surface area contributed by atoms with Gasteiger partial charge in [0.05, 0.1) is 5.39 Å². The van der Waals surface area contributed by atoms with Gasteiger partial charge in [-0.15, -0.1) is 0 Å².